The van der Waals surface area contributed by atoms with E-state index in [0.29, 0.717) is 22.7 Å². The molecule has 4 rings (SSSR count). The van der Waals surface area contributed by atoms with Gasteiger partial charge in [-0.2, -0.15) is 0 Å². The quantitative estimate of drug-likeness (QED) is 0.239. The largest absolute Gasteiger partial charge is 0.282 e. The fourth-order valence-corrected chi connectivity index (χ4v) is 4.86. The SMILES string of the molecule is O=C(CCCSc1ccc(F)cc1)N(Cc1ccccn1)c1nc2c(F)cccc2s1. The van der Waals surface area contributed by atoms with Crippen LogP contribution in [0.3, 0.4) is 0 Å². The second-order valence-electron chi connectivity index (χ2n) is 6.79. The third kappa shape index (κ3) is 5.45. The molecule has 8 heteroatoms. The smallest absolute Gasteiger partial charge is 0.229 e. The van der Waals surface area contributed by atoms with E-state index in [1.807, 2.05) is 18.2 Å². The number of thiazole rings is 1. The minimum atomic E-state index is -0.402. The Morgan fingerprint density at radius 3 is 2.61 bits per heavy atom. The number of pyridine rings is 1. The van der Waals surface area contributed by atoms with Gasteiger partial charge < -0.3 is 0 Å². The van der Waals surface area contributed by atoms with Gasteiger partial charge >= 0.3 is 0 Å². The van der Waals surface area contributed by atoms with E-state index in [-0.39, 0.29) is 23.8 Å². The molecule has 0 aliphatic heterocycles. The maximum absolute atomic E-state index is 14.1. The van der Waals surface area contributed by atoms with E-state index in [2.05, 4.69) is 9.97 Å². The number of para-hydroxylation sites is 1. The van der Waals surface area contributed by atoms with Crippen molar-refractivity contribution >= 4 is 44.4 Å². The van der Waals surface area contributed by atoms with Crippen molar-refractivity contribution in [3.63, 3.8) is 0 Å². The van der Waals surface area contributed by atoms with Crippen LogP contribution in [-0.4, -0.2) is 21.6 Å². The van der Waals surface area contributed by atoms with Gasteiger partial charge in [0.2, 0.25) is 5.91 Å². The van der Waals surface area contributed by atoms with E-state index in [1.54, 1.807) is 47.1 Å². The molecule has 2 aromatic heterocycles. The number of rotatable bonds is 8. The number of halogens is 2. The van der Waals surface area contributed by atoms with Crippen LogP contribution in [0.15, 0.2) is 71.8 Å². The van der Waals surface area contributed by atoms with E-state index >= 15 is 0 Å². The summed E-state index contributed by atoms with van der Waals surface area (Å²) in [6, 6.07) is 16.6. The standard InChI is InChI=1S/C23H19F2N3OS2/c24-16-9-11-18(12-10-16)30-14-4-8-21(29)28(15-17-5-1-2-13-26-17)23-27-22-19(25)6-3-7-20(22)31-23/h1-3,5-7,9-13H,4,8,14-15H2. The van der Waals surface area contributed by atoms with Crippen LogP contribution in [0.1, 0.15) is 18.5 Å². The van der Waals surface area contributed by atoms with Crippen LogP contribution in [0.4, 0.5) is 13.9 Å². The summed E-state index contributed by atoms with van der Waals surface area (Å²) in [5, 5.41) is 0.460. The lowest BCUT2D eigenvalue weighted by atomic mass is 10.2. The van der Waals surface area contributed by atoms with Crippen molar-refractivity contribution < 1.29 is 13.6 Å². The Labute approximate surface area is 187 Å². The molecule has 4 nitrogen and oxygen atoms in total. The summed E-state index contributed by atoms with van der Waals surface area (Å²) >= 11 is 2.87. The number of fused-ring (bicyclic) bond motifs is 1. The van der Waals surface area contributed by atoms with E-state index < -0.39 is 5.82 Å². The van der Waals surface area contributed by atoms with Crippen LogP contribution in [0, 0.1) is 11.6 Å². The number of anilines is 1. The zero-order valence-corrected chi connectivity index (χ0v) is 18.1. The molecule has 0 N–H and O–H groups in total. The number of carbonyl (C=O) groups is 1. The first-order valence-electron chi connectivity index (χ1n) is 9.74. The summed E-state index contributed by atoms with van der Waals surface area (Å²) in [6.07, 6.45) is 2.65. The molecule has 2 heterocycles. The highest BCUT2D eigenvalue weighted by atomic mass is 32.2. The van der Waals surface area contributed by atoms with Crippen LogP contribution in [0.5, 0.6) is 0 Å². The second-order valence-corrected chi connectivity index (χ2v) is 8.97. The molecule has 4 aromatic rings. The van der Waals surface area contributed by atoms with Crippen molar-refractivity contribution in [2.75, 3.05) is 10.7 Å². The normalized spacial score (nSPS) is 11.0. The lowest BCUT2D eigenvalue weighted by molar-refractivity contribution is -0.118. The number of hydrogen-bond acceptors (Lipinski definition) is 5. The lowest BCUT2D eigenvalue weighted by Gasteiger charge is -2.19. The van der Waals surface area contributed by atoms with Crippen LogP contribution >= 0.6 is 23.1 Å². The number of nitrogens with zero attached hydrogens (tertiary/aromatic N) is 3. The molecule has 0 saturated heterocycles. The third-order valence-electron chi connectivity index (χ3n) is 4.55. The zero-order valence-electron chi connectivity index (χ0n) is 16.5. The van der Waals surface area contributed by atoms with E-state index in [9.17, 15) is 13.6 Å². The summed E-state index contributed by atoms with van der Waals surface area (Å²) < 4.78 is 27.8. The summed E-state index contributed by atoms with van der Waals surface area (Å²) in [4.78, 5) is 24.3. The molecule has 0 bridgehead atoms. The van der Waals surface area contributed by atoms with Gasteiger partial charge in [0.05, 0.1) is 16.9 Å². The van der Waals surface area contributed by atoms with E-state index in [1.165, 1.54) is 29.5 Å². The van der Waals surface area contributed by atoms with Crippen molar-refractivity contribution in [2.45, 2.75) is 24.3 Å². The lowest BCUT2D eigenvalue weighted by Crippen LogP contribution is -2.30. The Kier molecular flexibility index (Phi) is 6.89. The van der Waals surface area contributed by atoms with Gasteiger partial charge in [-0.15, -0.1) is 11.8 Å². The van der Waals surface area contributed by atoms with Crippen LogP contribution in [0.25, 0.3) is 10.2 Å². The average Bonchev–Trinajstić information content (AvgIpc) is 3.22. The van der Waals surface area contributed by atoms with Crippen LogP contribution < -0.4 is 4.90 Å². The zero-order chi connectivity index (χ0) is 21.6. The molecule has 0 saturated carbocycles. The van der Waals surface area contributed by atoms with Gasteiger partial charge in [0.15, 0.2) is 5.13 Å². The molecular formula is C23H19F2N3OS2. The molecule has 0 spiro atoms. The first-order chi connectivity index (χ1) is 15.1. The minimum absolute atomic E-state index is 0.0928. The van der Waals surface area contributed by atoms with Crippen LogP contribution in [0.2, 0.25) is 0 Å². The molecular weight excluding hydrogens is 436 g/mol. The molecule has 0 unspecified atom stereocenters. The molecule has 0 radical (unpaired) electrons. The Hall–Kier alpha value is -2.84. The molecule has 0 atom stereocenters. The monoisotopic (exact) mass is 455 g/mol. The van der Waals surface area contributed by atoms with Gasteiger partial charge in [-0.05, 0) is 60.7 Å². The maximum atomic E-state index is 14.1. The average molecular weight is 456 g/mol. The van der Waals surface area contributed by atoms with E-state index in [0.717, 1.165) is 16.3 Å². The summed E-state index contributed by atoms with van der Waals surface area (Å²) in [5.74, 6) is -0.0359. The van der Waals surface area contributed by atoms with Gasteiger partial charge in [0.1, 0.15) is 17.2 Å². The Morgan fingerprint density at radius 1 is 1.03 bits per heavy atom. The molecule has 0 fully saturated rings. The predicted octanol–water partition coefficient (Wildman–Crippen LogP) is 6.08. The first-order valence-corrected chi connectivity index (χ1v) is 11.5. The fraction of sp³-hybridized carbons (Fsp3) is 0.174. The number of thioether (sulfide) groups is 1. The van der Waals surface area contributed by atoms with Gasteiger partial charge in [-0.3, -0.25) is 14.7 Å². The highest BCUT2D eigenvalue weighted by Crippen LogP contribution is 2.31. The topological polar surface area (TPSA) is 46.1 Å². The van der Waals surface area contributed by atoms with Crippen molar-refractivity contribution in [1.29, 1.82) is 0 Å². The van der Waals surface area contributed by atoms with Crippen LogP contribution in [-0.2, 0) is 11.3 Å². The van der Waals surface area contributed by atoms with Gasteiger partial charge in [-0.1, -0.05) is 23.5 Å². The predicted molar refractivity (Wildman–Crippen MR) is 121 cm³/mol. The Morgan fingerprint density at radius 2 is 1.87 bits per heavy atom. The molecule has 31 heavy (non-hydrogen) atoms. The summed E-state index contributed by atoms with van der Waals surface area (Å²) in [5.41, 5.74) is 1.00. The molecule has 2 aromatic carbocycles. The Balaban J connectivity index is 1.47. The minimum Gasteiger partial charge on any atom is -0.282 e. The Bertz CT molecular complexity index is 1170. The number of benzene rings is 2. The second kappa shape index (κ2) is 9.98. The van der Waals surface area contributed by atoms with Crippen molar-refractivity contribution in [3.05, 3.63) is 84.2 Å². The summed E-state index contributed by atoms with van der Waals surface area (Å²) in [7, 11) is 0. The fourth-order valence-electron chi connectivity index (χ4n) is 3.01. The number of hydrogen-bond donors (Lipinski definition) is 0. The van der Waals surface area contributed by atoms with Crippen molar-refractivity contribution in [3.8, 4) is 0 Å². The molecule has 0 aliphatic carbocycles. The van der Waals surface area contributed by atoms with Gasteiger partial charge in [-0.25, -0.2) is 13.8 Å². The highest BCUT2D eigenvalue weighted by molar-refractivity contribution is 7.99. The first kappa shape index (κ1) is 21.4. The number of carbonyl (C=O) groups excluding carboxylic acids is 1. The summed E-state index contributed by atoms with van der Waals surface area (Å²) in [6.45, 7) is 0.270. The van der Waals surface area contributed by atoms with Crippen molar-refractivity contribution in [2.24, 2.45) is 0 Å². The number of aromatic nitrogens is 2. The van der Waals surface area contributed by atoms with Crippen molar-refractivity contribution in [1.82, 2.24) is 9.97 Å². The molecule has 1 amide bonds. The van der Waals surface area contributed by atoms with Gasteiger partial charge in [0.25, 0.3) is 0 Å². The molecule has 0 aliphatic rings. The van der Waals surface area contributed by atoms with E-state index in [4.69, 9.17) is 0 Å². The highest BCUT2D eigenvalue weighted by Gasteiger charge is 2.21. The van der Waals surface area contributed by atoms with Gasteiger partial charge in [0, 0.05) is 17.5 Å². The third-order valence-corrected chi connectivity index (χ3v) is 6.70. The number of amides is 1. The molecule has 158 valence electrons. The maximum Gasteiger partial charge on any atom is 0.229 e.